The predicted molar refractivity (Wildman–Crippen MR) is 160 cm³/mol. The van der Waals surface area contributed by atoms with Crippen molar-refractivity contribution in [3.8, 4) is 0 Å². The molecule has 2 N–H and O–H groups in total. The van der Waals surface area contributed by atoms with E-state index in [2.05, 4.69) is 20.9 Å². The molecule has 38 heavy (non-hydrogen) atoms. The van der Waals surface area contributed by atoms with Crippen LogP contribution < -0.4 is 10.6 Å². The second-order valence-corrected chi connectivity index (χ2v) is 11.8. The second kappa shape index (κ2) is 17.7. The number of nitrogens with zero attached hydrogens (tertiary/aromatic N) is 2. The monoisotopic (exact) mass is 638 g/mol. The van der Waals surface area contributed by atoms with Gasteiger partial charge in [-0.1, -0.05) is 90.4 Å². The van der Waals surface area contributed by atoms with Crippen molar-refractivity contribution in [1.82, 2.24) is 10.6 Å². The Labute approximate surface area is 249 Å². The van der Waals surface area contributed by atoms with E-state index in [9.17, 15) is 9.59 Å². The standard InChI is InChI=1S/C24H26Cl4N4O4S2/c1-35-31-21(11-15-3-5-17(25)13-19(15)27)23(33)29-7-9-37-38-10-8-30-24(34)22(32-36-2)12-16-4-6-18(26)14-20(16)28/h3-6,13-14H,7-12H2,1-2H3,(H,29,33)(H,30,34)/b31-21+,32-22+. The number of halogens is 4. The molecule has 0 fully saturated rings. The van der Waals surface area contributed by atoms with Crippen molar-refractivity contribution in [1.29, 1.82) is 0 Å². The summed E-state index contributed by atoms with van der Waals surface area (Å²) in [6.07, 6.45) is 0.408. The molecule has 2 aromatic carbocycles. The van der Waals surface area contributed by atoms with Gasteiger partial charge in [0.25, 0.3) is 11.8 Å². The normalized spacial score (nSPS) is 11.7. The second-order valence-electron chi connectivity index (χ2n) is 7.42. The summed E-state index contributed by atoms with van der Waals surface area (Å²) in [4.78, 5) is 34.7. The van der Waals surface area contributed by atoms with Gasteiger partial charge in [-0.25, -0.2) is 0 Å². The Kier molecular flexibility index (Phi) is 15.1. The zero-order valence-electron chi connectivity index (χ0n) is 20.6. The van der Waals surface area contributed by atoms with Gasteiger partial charge in [0, 0.05) is 57.5 Å². The van der Waals surface area contributed by atoms with E-state index in [0.717, 1.165) is 0 Å². The molecule has 0 saturated carbocycles. The molecule has 206 valence electrons. The number of carbonyl (C=O) groups is 2. The third-order valence-electron chi connectivity index (χ3n) is 4.70. The van der Waals surface area contributed by atoms with Crippen molar-refractivity contribution in [2.45, 2.75) is 12.8 Å². The molecule has 0 unspecified atom stereocenters. The number of oxime groups is 2. The van der Waals surface area contributed by atoms with E-state index >= 15 is 0 Å². The lowest BCUT2D eigenvalue weighted by molar-refractivity contribution is -0.115. The van der Waals surface area contributed by atoms with Gasteiger partial charge in [0.1, 0.15) is 25.6 Å². The van der Waals surface area contributed by atoms with Crippen molar-refractivity contribution < 1.29 is 19.3 Å². The topological polar surface area (TPSA) is 101 Å². The predicted octanol–water partition coefficient (Wildman–Crippen LogP) is 5.70. The first kappa shape index (κ1) is 32.4. The summed E-state index contributed by atoms with van der Waals surface area (Å²) < 4.78 is 0. The number of nitrogens with one attached hydrogen (secondary N) is 2. The van der Waals surface area contributed by atoms with Gasteiger partial charge in [0.15, 0.2) is 0 Å². The van der Waals surface area contributed by atoms with E-state index in [4.69, 9.17) is 56.1 Å². The summed E-state index contributed by atoms with van der Waals surface area (Å²) in [5.74, 6) is 0.609. The first-order chi connectivity index (χ1) is 18.2. The fourth-order valence-corrected chi connectivity index (χ4v) is 5.72. The van der Waals surface area contributed by atoms with Crippen molar-refractivity contribution in [3.05, 3.63) is 67.6 Å². The smallest absolute Gasteiger partial charge is 0.269 e. The number of benzene rings is 2. The van der Waals surface area contributed by atoms with Crippen LogP contribution in [0.1, 0.15) is 11.1 Å². The van der Waals surface area contributed by atoms with Gasteiger partial charge in [-0.2, -0.15) is 0 Å². The van der Waals surface area contributed by atoms with Crippen LogP contribution in [0.3, 0.4) is 0 Å². The molecule has 0 heterocycles. The third kappa shape index (κ3) is 11.5. The van der Waals surface area contributed by atoms with E-state index in [0.29, 0.717) is 55.8 Å². The maximum atomic E-state index is 12.5. The summed E-state index contributed by atoms with van der Waals surface area (Å²) in [5, 5.41) is 15.2. The molecule has 0 bridgehead atoms. The molecule has 14 heteroatoms. The van der Waals surface area contributed by atoms with Crippen LogP contribution in [0, 0.1) is 0 Å². The lowest BCUT2D eigenvalue weighted by Crippen LogP contribution is -2.34. The number of rotatable bonds is 15. The van der Waals surface area contributed by atoms with Crippen LogP contribution in [0.5, 0.6) is 0 Å². The van der Waals surface area contributed by atoms with Crippen LogP contribution in [0.4, 0.5) is 0 Å². The maximum Gasteiger partial charge on any atom is 0.269 e. The molecule has 0 aromatic heterocycles. The first-order valence-electron chi connectivity index (χ1n) is 11.1. The zero-order chi connectivity index (χ0) is 27.9. The molecular formula is C24H26Cl4N4O4S2. The SMILES string of the molecule is CO/N=C(\Cc1ccc(Cl)cc1Cl)C(=O)NCCSSCCNC(=O)/C(Cc1ccc(Cl)cc1Cl)=N/OC. The lowest BCUT2D eigenvalue weighted by Gasteiger charge is -2.10. The van der Waals surface area contributed by atoms with E-state index in [1.165, 1.54) is 14.2 Å². The highest BCUT2D eigenvalue weighted by molar-refractivity contribution is 8.76. The van der Waals surface area contributed by atoms with E-state index in [1.54, 1.807) is 58.0 Å². The van der Waals surface area contributed by atoms with Gasteiger partial charge < -0.3 is 20.3 Å². The van der Waals surface area contributed by atoms with Crippen LogP contribution in [0.25, 0.3) is 0 Å². The minimum absolute atomic E-state index is 0.200. The molecule has 0 atom stereocenters. The largest absolute Gasteiger partial charge is 0.399 e. The number of hydrogen-bond donors (Lipinski definition) is 2. The Balaban J connectivity index is 1.69. The van der Waals surface area contributed by atoms with Crippen molar-refractivity contribution in [3.63, 3.8) is 0 Å². The third-order valence-corrected chi connectivity index (χ3v) is 8.28. The minimum atomic E-state index is -0.346. The summed E-state index contributed by atoms with van der Waals surface area (Å²) in [5.41, 5.74) is 1.82. The Morgan fingerprint density at radius 3 is 1.47 bits per heavy atom. The van der Waals surface area contributed by atoms with E-state index in [-0.39, 0.29) is 36.1 Å². The summed E-state index contributed by atoms with van der Waals surface area (Å²) in [6.45, 7) is 0.846. The summed E-state index contributed by atoms with van der Waals surface area (Å²) in [7, 11) is 5.87. The van der Waals surface area contributed by atoms with Gasteiger partial charge in [-0.3, -0.25) is 9.59 Å². The Morgan fingerprint density at radius 2 is 1.13 bits per heavy atom. The van der Waals surface area contributed by atoms with Crippen molar-refractivity contribution in [2.75, 3.05) is 38.8 Å². The van der Waals surface area contributed by atoms with Gasteiger partial charge in [-0.05, 0) is 35.4 Å². The summed E-state index contributed by atoms with van der Waals surface area (Å²) in [6, 6.07) is 10.1. The number of hydrogen-bond acceptors (Lipinski definition) is 8. The molecule has 0 saturated heterocycles. The highest BCUT2D eigenvalue weighted by atomic mass is 35.5. The lowest BCUT2D eigenvalue weighted by atomic mass is 10.1. The van der Waals surface area contributed by atoms with Gasteiger partial charge in [0.05, 0.1) is 0 Å². The minimum Gasteiger partial charge on any atom is -0.399 e. The van der Waals surface area contributed by atoms with Crippen molar-refractivity contribution >= 4 is 91.2 Å². The molecule has 2 aromatic rings. The average Bonchev–Trinajstić information content (AvgIpc) is 2.87. The molecule has 0 radical (unpaired) electrons. The molecule has 0 aliphatic carbocycles. The van der Waals surface area contributed by atoms with Crippen LogP contribution in [-0.4, -0.2) is 62.1 Å². The quantitative estimate of drug-likeness (QED) is 0.112. The molecule has 2 rings (SSSR count). The number of carbonyl (C=O) groups excluding carboxylic acids is 2. The van der Waals surface area contributed by atoms with E-state index < -0.39 is 0 Å². The van der Waals surface area contributed by atoms with Crippen LogP contribution >= 0.6 is 68.0 Å². The zero-order valence-corrected chi connectivity index (χ0v) is 25.2. The maximum absolute atomic E-state index is 12.5. The van der Waals surface area contributed by atoms with Crippen molar-refractivity contribution in [2.24, 2.45) is 10.3 Å². The highest BCUT2D eigenvalue weighted by Gasteiger charge is 2.16. The molecule has 0 aliphatic rings. The Bertz CT molecular complexity index is 1080. The molecule has 2 amide bonds. The molecule has 0 aliphatic heterocycles. The fraction of sp³-hybridized carbons (Fsp3) is 0.333. The van der Waals surface area contributed by atoms with Gasteiger partial charge in [-0.15, -0.1) is 0 Å². The highest BCUT2D eigenvalue weighted by Crippen LogP contribution is 2.23. The molecular weight excluding hydrogens is 614 g/mol. The first-order valence-corrected chi connectivity index (χ1v) is 15.1. The van der Waals surface area contributed by atoms with Crippen LogP contribution in [0.15, 0.2) is 46.7 Å². The Hall–Kier alpha value is -1.82. The fourth-order valence-electron chi connectivity index (χ4n) is 2.95. The Morgan fingerprint density at radius 1 is 0.737 bits per heavy atom. The van der Waals surface area contributed by atoms with Gasteiger partial charge in [0.2, 0.25) is 0 Å². The van der Waals surface area contributed by atoms with Crippen LogP contribution in [0.2, 0.25) is 20.1 Å². The molecule has 0 spiro atoms. The van der Waals surface area contributed by atoms with E-state index in [1.807, 2.05) is 0 Å². The van der Waals surface area contributed by atoms with Gasteiger partial charge >= 0.3 is 0 Å². The number of amides is 2. The molecule has 8 nitrogen and oxygen atoms in total. The average molecular weight is 640 g/mol. The summed E-state index contributed by atoms with van der Waals surface area (Å²) >= 11 is 24.3. The van der Waals surface area contributed by atoms with Crippen LogP contribution in [-0.2, 0) is 32.1 Å².